The monoisotopic (exact) mass is 384 g/mol. The molecule has 3 aromatic carbocycles. The van der Waals surface area contributed by atoms with Crippen LogP contribution in [0.25, 0.3) is 10.8 Å². The van der Waals surface area contributed by atoms with Gasteiger partial charge in [0.25, 0.3) is 0 Å². The molecule has 0 bridgehead atoms. The molecule has 0 N–H and O–H groups in total. The first kappa shape index (κ1) is 19.3. The minimum absolute atomic E-state index is 0.207. The third-order valence-electron chi connectivity index (χ3n) is 4.39. The molecule has 27 heavy (non-hydrogen) atoms. The average Bonchev–Trinajstić information content (AvgIpc) is 2.73. The van der Waals surface area contributed by atoms with Gasteiger partial charge in [0.1, 0.15) is 0 Å². The molecule has 0 aromatic heterocycles. The SMILES string of the molecule is COP(=O)(OC)[C@H](Cc1cccc2ccccc12)OC(=O)c1ccccc1. The minimum Gasteiger partial charge on any atom is -0.445 e. The predicted octanol–water partition coefficient (Wildman–Crippen LogP) is 5.05. The number of esters is 1. The van der Waals surface area contributed by atoms with E-state index in [9.17, 15) is 9.36 Å². The van der Waals surface area contributed by atoms with E-state index < -0.39 is 19.4 Å². The summed E-state index contributed by atoms with van der Waals surface area (Å²) < 4.78 is 28.9. The maximum Gasteiger partial charge on any atom is 0.370 e. The van der Waals surface area contributed by atoms with E-state index in [-0.39, 0.29) is 6.42 Å². The third kappa shape index (κ3) is 4.28. The van der Waals surface area contributed by atoms with E-state index in [4.69, 9.17) is 13.8 Å². The van der Waals surface area contributed by atoms with E-state index in [0.29, 0.717) is 5.56 Å². The van der Waals surface area contributed by atoms with Gasteiger partial charge in [-0.2, -0.15) is 0 Å². The second-order valence-corrected chi connectivity index (χ2v) is 8.36. The Morgan fingerprint density at radius 3 is 2.22 bits per heavy atom. The maximum atomic E-state index is 13.0. The van der Waals surface area contributed by atoms with E-state index in [1.165, 1.54) is 14.2 Å². The highest BCUT2D eigenvalue weighted by Crippen LogP contribution is 2.53. The van der Waals surface area contributed by atoms with Crippen molar-refractivity contribution in [1.29, 1.82) is 0 Å². The Morgan fingerprint density at radius 1 is 0.889 bits per heavy atom. The molecule has 0 radical (unpaired) electrons. The Hall–Kier alpha value is -2.46. The Balaban J connectivity index is 1.95. The van der Waals surface area contributed by atoms with Gasteiger partial charge < -0.3 is 13.8 Å². The zero-order valence-corrected chi connectivity index (χ0v) is 16.1. The molecule has 6 heteroatoms. The van der Waals surface area contributed by atoms with Gasteiger partial charge in [-0.05, 0) is 28.5 Å². The molecule has 0 heterocycles. The smallest absolute Gasteiger partial charge is 0.370 e. The third-order valence-corrected chi connectivity index (χ3v) is 6.40. The van der Waals surface area contributed by atoms with Crippen LogP contribution in [0.4, 0.5) is 0 Å². The van der Waals surface area contributed by atoms with Crippen molar-refractivity contribution in [2.24, 2.45) is 0 Å². The van der Waals surface area contributed by atoms with Gasteiger partial charge >= 0.3 is 13.6 Å². The Kier molecular flexibility index (Phi) is 6.07. The molecule has 0 aliphatic rings. The molecular formula is C21H21O5P. The van der Waals surface area contributed by atoms with Crippen LogP contribution < -0.4 is 0 Å². The first-order valence-corrected chi connectivity index (χ1v) is 10.1. The van der Waals surface area contributed by atoms with E-state index in [1.807, 2.05) is 42.5 Å². The van der Waals surface area contributed by atoms with Crippen LogP contribution in [0.2, 0.25) is 0 Å². The molecule has 3 rings (SSSR count). The largest absolute Gasteiger partial charge is 0.445 e. The summed E-state index contributed by atoms with van der Waals surface area (Å²) in [5.41, 5.74) is 1.27. The van der Waals surface area contributed by atoms with Crippen molar-refractivity contribution >= 4 is 24.3 Å². The first-order valence-electron chi connectivity index (χ1n) is 8.51. The Labute approximate surface area is 158 Å². The number of carbonyl (C=O) groups is 1. The van der Waals surface area contributed by atoms with Crippen LogP contribution in [-0.4, -0.2) is 26.0 Å². The number of benzene rings is 3. The van der Waals surface area contributed by atoms with E-state index >= 15 is 0 Å². The lowest BCUT2D eigenvalue weighted by atomic mass is 10.0. The summed E-state index contributed by atoms with van der Waals surface area (Å²) in [5, 5.41) is 2.05. The highest BCUT2D eigenvalue weighted by atomic mass is 31.2. The van der Waals surface area contributed by atoms with Gasteiger partial charge in [0.05, 0.1) is 5.56 Å². The normalized spacial score (nSPS) is 12.7. The zero-order valence-electron chi connectivity index (χ0n) is 15.2. The number of hydrogen-bond donors (Lipinski definition) is 0. The van der Waals surface area contributed by atoms with Gasteiger partial charge in [-0.3, -0.25) is 4.57 Å². The van der Waals surface area contributed by atoms with Gasteiger partial charge in [0.15, 0.2) is 0 Å². The quantitative estimate of drug-likeness (QED) is 0.421. The molecule has 0 saturated carbocycles. The summed E-state index contributed by atoms with van der Waals surface area (Å²) in [5.74, 6) is -1.64. The number of hydrogen-bond acceptors (Lipinski definition) is 5. The fourth-order valence-electron chi connectivity index (χ4n) is 2.95. The summed E-state index contributed by atoms with van der Waals surface area (Å²) >= 11 is 0. The zero-order chi connectivity index (χ0) is 19.3. The molecule has 5 nitrogen and oxygen atoms in total. The van der Waals surface area contributed by atoms with Crippen molar-refractivity contribution in [2.75, 3.05) is 14.2 Å². The van der Waals surface area contributed by atoms with Gasteiger partial charge in [0, 0.05) is 20.6 Å². The fourth-order valence-corrected chi connectivity index (χ4v) is 4.22. The van der Waals surface area contributed by atoms with E-state index in [0.717, 1.165) is 16.3 Å². The first-order chi connectivity index (χ1) is 13.1. The predicted molar refractivity (Wildman–Crippen MR) is 105 cm³/mol. The number of fused-ring (bicyclic) bond motifs is 1. The van der Waals surface area contributed by atoms with Gasteiger partial charge in [-0.1, -0.05) is 60.7 Å². The van der Waals surface area contributed by atoms with Crippen molar-refractivity contribution < 1.29 is 23.1 Å². The lowest BCUT2D eigenvalue weighted by Crippen LogP contribution is -2.22. The lowest BCUT2D eigenvalue weighted by molar-refractivity contribution is 0.0386. The highest BCUT2D eigenvalue weighted by Gasteiger charge is 2.38. The summed E-state index contributed by atoms with van der Waals surface area (Å²) in [7, 11) is -1.08. The van der Waals surface area contributed by atoms with Crippen molar-refractivity contribution in [3.8, 4) is 0 Å². The molecule has 0 fully saturated rings. The van der Waals surface area contributed by atoms with Crippen LogP contribution >= 0.6 is 7.60 Å². The highest BCUT2D eigenvalue weighted by molar-refractivity contribution is 7.54. The summed E-state index contributed by atoms with van der Waals surface area (Å²) in [6, 6.07) is 22.3. The van der Waals surface area contributed by atoms with E-state index in [1.54, 1.807) is 30.3 Å². The summed E-state index contributed by atoms with van der Waals surface area (Å²) in [6.07, 6.45) is 0.207. The van der Waals surface area contributed by atoms with Crippen LogP contribution in [0, 0.1) is 0 Å². The topological polar surface area (TPSA) is 61.8 Å². The van der Waals surface area contributed by atoms with Crippen molar-refractivity contribution in [3.63, 3.8) is 0 Å². The fraction of sp³-hybridized carbons (Fsp3) is 0.190. The second-order valence-electron chi connectivity index (χ2n) is 5.97. The van der Waals surface area contributed by atoms with Crippen LogP contribution in [0.5, 0.6) is 0 Å². The van der Waals surface area contributed by atoms with Gasteiger partial charge in [0.2, 0.25) is 5.85 Å². The Morgan fingerprint density at radius 2 is 1.52 bits per heavy atom. The van der Waals surface area contributed by atoms with Crippen LogP contribution in [0.15, 0.2) is 72.8 Å². The lowest BCUT2D eigenvalue weighted by Gasteiger charge is -2.25. The van der Waals surface area contributed by atoms with Crippen LogP contribution in [-0.2, 0) is 24.8 Å². The Bertz CT molecular complexity index is 957. The molecule has 0 spiro atoms. The number of rotatable bonds is 7. The van der Waals surface area contributed by atoms with Gasteiger partial charge in [-0.15, -0.1) is 0 Å². The number of carbonyl (C=O) groups excluding carboxylic acids is 1. The average molecular weight is 384 g/mol. The van der Waals surface area contributed by atoms with Crippen molar-refractivity contribution in [2.45, 2.75) is 12.3 Å². The van der Waals surface area contributed by atoms with Crippen molar-refractivity contribution in [1.82, 2.24) is 0 Å². The van der Waals surface area contributed by atoms with Gasteiger partial charge in [-0.25, -0.2) is 4.79 Å². The molecule has 0 saturated heterocycles. The summed E-state index contributed by atoms with van der Waals surface area (Å²) in [4.78, 5) is 12.5. The van der Waals surface area contributed by atoms with Crippen LogP contribution in [0.3, 0.4) is 0 Å². The molecule has 0 aliphatic carbocycles. The molecule has 0 unspecified atom stereocenters. The minimum atomic E-state index is -3.65. The molecule has 140 valence electrons. The molecule has 1 atom stereocenters. The van der Waals surface area contributed by atoms with Crippen molar-refractivity contribution in [3.05, 3.63) is 83.9 Å². The molecule has 3 aromatic rings. The van der Waals surface area contributed by atoms with E-state index in [2.05, 4.69) is 0 Å². The maximum absolute atomic E-state index is 13.0. The second kappa shape index (κ2) is 8.49. The molecule has 0 aliphatic heterocycles. The number of ether oxygens (including phenoxy) is 1. The standard InChI is InChI=1S/C21H21O5P/c1-24-27(23,25-2)20(26-21(22)17-10-4-3-5-11-17)15-18-13-8-12-16-9-6-7-14-19(16)18/h3-14,20H,15H2,1-2H3/t20-/m1/s1. The molecule has 0 amide bonds. The molecular weight excluding hydrogens is 363 g/mol. The van der Waals surface area contributed by atoms with Crippen LogP contribution in [0.1, 0.15) is 15.9 Å². The summed E-state index contributed by atoms with van der Waals surface area (Å²) in [6.45, 7) is 0.